The standard InChI is InChI=1S/C13H11N3O2S/c1-6-10-8(5-9-14-3-4-19-9)13(18)16-12(10)15-7(2)11(6)17/h3-5,17H,1-2H3,(H,15,16,18). The lowest BCUT2D eigenvalue weighted by Crippen LogP contribution is -2.04. The van der Waals surface area contributed by atoms with Gasteiger partial charge in [0.05, 0.1) is 11.3 Å². The summed E-state index contributed by atoms with van der Waals surface area (Å²) in [5.74, 6) is 0.409. The summed E-state index contributed by atoms with van der Waals surface area (Å²) in [4.78, 5) is 20.3. The van der Waals surface area contributed by atoms with Gasteiger partial charge in [-0.2, -0.15) is 0 Å². The maximum absolute atomic E-state index is 12.0. The van der Waals surface area contributed by atoms with Gasteiger partial charge >= 0.3 is 0 Å². The van der Waals surface area contributed by atoms with Crippen molar-refractivity contribution in [3.63, 3.8) is 0 Å². The fourth-order valence-electron chi connectivity index (χ4n) is 2.12. The first-order valence-corrected chi connectivity index (χ1v) is 6.59. The summed E-state index contributed by atoms with van der Waals surface area (Å²) in [5, 5.41) is 15.3. The highest BCUT2D eigenvalue weighted by Crippen LogP contribution is 2.38. The smallest absolute Gasteiger partial charge is 0.257 e. The number of pyridine rings is 1. The Kier molecular flexibility index (Phi) is 2.60. The number of carbonyl (C=O) groups excluding carboxylic acids is 1. The number of thiazole rings is 1. The number of anilines is 1. The summed E-state index contributed by atoms with van der Waals surface area (Å²) in [6.07, 6.45) is 3.40. The third kappa shape index (κ3) is 1.80. The van der Waals surface area contributed by atoms with Crippen LogP contribution in [-0.2, 0) is 4.79 Å². The van der Waals surface area contributed by atoms with Gasteiger partial charge in [-0.05, 0) is 19.9 Å². The largest absolute Gasteiger partial charge is 0.506 e. The van der Waals surface area contributed by atoms with E-state index in [2.05, 4.69) is 15.3 Å². The third-order valence-electron chi connectivity index (χ3n) is 3.05. The van der Waals surface area contributed by atoms with E-state index in [0.717, 1.165) is 5.01 Å². The summed E-state index contributed by atoms with van der Waals surface area (Å²) < 4.78 is 0. The Hall–Kier alpha value is -2.21. The number of aryl methyl sites for hydroxylation is 1. The Labute approximate surface area is 113 Å². The molecule has 0 saturated heterocycles. The van der Waals surface area contributed by atoms with E-state index in [1.807, 2.05) is 5.38 Å². The fourth-order valence-corrected chi connectivity index (χ4v) is 2.69. The number of aromatic nitrogens is 2. The predicted molar refractivity (Wildman–Crippen MR) is 74.0 cm³/mol. The minimum Gasteiger partial charge on any atom is -0.506 e. The molecule has 1 amide bonds. The number of hydrogen-bond acceptors (Lipinski definition) is 5. The highest BCUT2D eigenvalue weighted by molar-refractivity contribution is 7.10. The summed E-state index contributed by atoms with van der Waals surface area (Å²) >= 11 is 1.45. The second kappa shape index (κ2) is 4.17. The van der Waals surface area contributed by atoms with Crippen LogP contribution >= 0.6 is 11.3 Å². The van der Waals surface area contributed by atoms with Crippen LogP contribution in [0.15, 0.2) is 11.6 Å². The van der Waals surface area contributed by atoms with Crippen LogP contribution in [-0.4, -0.2) is 21.0 Å². The van der Waals surface area contributed by atoms with E-state index in [-0.39, 0.29) is 11.7 Å². The monoisotopic (exact) mass is 273 g/mol. The van der Waals surface area contributed by atoms with E-state index in [4.69, 9.17) is 0 Å². The van der Waals surface area contributed by atoms with Gasteiger partial charge in [0.1, 0.15) is 16.6 Å². The van der Waals surface area contributed by atoms with Crippen molar-refractivity contribution >= 4 is 34.7 Å². The molecule has 3 rings (SSSR count). The number of hydrogen-bond donors (Lipinski definition) is 2. The predicted octanol–water partition coefficient (Wildman–Crippen LogP) is 2.35. The van der Waals surface area contributed by atoms with E-state index in [9.17, 15) is 9.90 Å². The second-order valence-corrected chi connectivity index (χ2v) is 5.20. The van der Waals surface area contributed by atoms with Gasteiger partial charge in [-0.15, -0.1) is 11.3 Å². The Bertz CT molecular complexity index is 705. The molecule has 2 N–H and O–H groups in total. The van der Waals surface area contributed by atoms with E-state index in [1.165, 1.54) is 11.3 Å². The lowest BCUT2D eigenvalue weighted by Gasteiger charge is -2.07. The number of carbonyl (C=O) groups is 1. The molecular weight excluding hydrogens is 262 g/mol. The van der Waals surface area contributed by atoms with Crippen LogP contribution in [0.5, 0.6) is 5.75 Å². The molecule has 2 aromatic heterocycles. The molecule has 0 unspecified atom stereocenters. The SMILES string of the molecule is Cc1nc2c(c(C)c1O)C(=Cc1nccs1)C(=O)N2. The number of amides is 1. The Morgan fingerprint density at radius 1 is 1.42 bits per heavy atom. The average molecular weight is 273 g/mol. The van der Waals surface area contributed by atoms with Crippen molar-refractivity contribution in [2.24, 2.45) is 0 Å². The fraction of sp³-hybridized carbons (Fsp3) is 0.154. The number of aromatic hydroxyl groups is 1. The maximum atomic E-state index is 12.0. The van der Waals surface area contributed by atoms with Crippen LogP contribution in [0.4, 0.5) is 5.82 Å². The molecule has 2 aromatic rings. The quantitative estimate of drug-likeness (QED) is 0.782. The van der Waals surface area contributed by atoms with Gasteiger partial charge in [0.25, 0.3) is 5.91 Å². The maximum Gasteiger partial charge on any atom is 0.257 e. The van der Waals surface area contributed by atoms with Crippen molar-refractivity contribution in [1.82, 2.24) is 9.97 Å². The minimum atomic E-state index is -0.217. The van der Waals surface area contributed by atoms with Crippen LogP contribution in [0.1, 0.15) is 21.8 Å². The molecule has 5 nitrogen and oxygen atoms in total. The molecule has 0 saturated carbocycles. The highest BCUT2D eigenvalue weighted by atomic mass is 32.1. The lowest BCUT2D eigenvalue weighted by atomic mass is 10.0. The van der Waals surface area contributed by atoms with Crippen LogP contribution < -0.4 is 5.32 Å². The topological polar surface area (TPSA) is 75.1 Å². The molecule has 1 aliphatic heterocycles. The van der Waals surface area contributed by atoms with Gasteiger partial charge in [0, 0.05) is 22.7 Å². The van der Waals surface area contributed by atoms with E-state index < -0.39 is 0 Å². The highest BCUT2D eigenvalue weighted by Gasteiger charge is 2.29. The minimum absolute atomic E-state index is 0.125. The Balaban J connectivity index is 2.22. The van der Waals surface area contributed by atoms with Gasteiger partial charge in [-0.25, -0.2) is 9.97 Å². The van der Waals surface area contributed by atoms with E-state index >= 15 is 0 Å². The number of fused-ring (bicyclic) bond motifs is 1. The van der Waals surface area contributed by atoms with Gasteiger partial charge in [-0.1, -0.05) is 0 Å². The van der Waals surface area contributed by atoms with Gasteiger partial charge in [-0.3, -0.25) is 4.79 Å². The molecule has 0 atom stereocenters. The first-order valence-electron chi connectivity index (χ1n) is 5.71. The molecule has 0 aromatic carbocycles. The van der Waals surface area contributed by atoms with Gasteiger partial charge in [0.15, 0.2) is 0 Å². The molecule has 6 heteroatoms. The van der Waals surface area contributed by atoms with Crippen LogP contribution in [0, 0.1) is 13.8 Å². The van der Waals surface area contributed by atoms with Gasteiger partial charge in [0.2, 0.25) is 0 Å². The van der Waals surface area contributed by atoms with Crippen LogP contribution in [0.25, 0.3) is 11.6 Å². The lowest BCUT2D eigenvalue weighted by molar-refractivity contribution is -0.110. The first-order chi connectivity index (χ1) is 9.08. The van der Waals surface area contributed by atoms with Crippen molar-refractivity contribution in [1.29, 1.82) is 0 Å². The molecule has 19 heavy (non-hydrogen) atoms. The molecule has 0 fully saturated rings. The van der Waals surface area contributed by atoms with Crippen molar-refractivity contribution in [3.05, 3.63) is 33.4 Å². The van der Waals surface area contributed by atoms with Crippen molar-refractivity contribution in [2.45, 2.75) is 13.8 Å². The normalized spacial score (nSPS) is 15.7. The summed E-state index contributed by atoms with van der Waals surface area (Å²) in [6.45, 7) is 3.48. The molecule has 0 spiro atoms. The Morgan fingerprint density at radius 3 is 2.89 bits per heavy atom. The second-order valence-electron chi connectivity index (χ2n) is 4.28. The average Bonchev–Trinajstić information content (AvgIpc) is 2.97. The molecule has 3 heterocycles. The van der Waals surface area contributed by atoms with Crippen LogP contribution in [0.2, 0.25) is 0 Å². The van der Waals surface area contributed by atoms with E-state index in [1.54, 1.807) is 26.1 Å². The third-order valence-corrected chi connectivity index (χ3v) is 3.78. The number of rotatable bonds is 1. The summed E-state index contributed by atoms with van der Waals surface area (Å²) in [6, 6.07) is 0. The zero-order chi connectivity index (χ0) is 13.6. The summed E-state index contributed by atoms with van der Waals surface area (Å²) in [7, 11) is 0. The van der Waals surface area contributed by atoms with Crippen molar-refractivity contribution < 1.29 is 9.90 Å². The first kappa shape index (κ1) is 11.9. The molecule has 0 radical (unpaired) electrons. The molecule has 0 aliphatic carbocycles. The molecular formula is C13H11N3O2S. The number of nitrogens with zero attached hydrogens (tertiary/aromatic N) is 2. The zero-order valence-electron chi connectivity index (χ0n) is 10.4. The van der Waals surface area contributed by atoms with Crippen molar-refractivity contribution in [3.8, 4) is 5.75 Å². The number of nitrogens with one attached hydrogen (secondary N) is 1. The Morgan fingerprint density at radius 2 is 2.21 bits per heavy atom. The van der Waals surface area contributed by atoms with E-state index in [0.29, 0.717) is 28.2 Å². The van der Waals surface area contributed by atoms with Crippen LogP contribution in [0.3, 0.4) is 0 Å². The zero-order valence-corrected chi connectivity index (χ0v) is 11.2. The summed E-state index contributed by atoms with van der Waals surface area (Å²) in [5.41, 5.74) is 2.31. The van der Waals surface area contributed by atoms with Crippen molar-refractivity contribution in [2.75, 3.05) is 5.32 Å². The molecule has 1 aliphatic rings. The van der Waals surface area contributed by atoms with Gasteiger partial charge < -0.3 is 10.4 Å². The molecule has 0 bridgehead atoms. The molecule has 96 valence electrons.